The van der Waals surface area contributed by atoms with Gasteiger partial charge in [-0.05, 0) is 19.9 Å². The quantitative estimate of drug-likeness (QED) is 0.614. The first-order valence-corrected chi connectivity index (χ1v) is 4.01. The third-order valence-corrected chi connectivity index (χ3v) is 2.91. The summed E-state index contributed by atoms with van der Waals surface area (Å²) in [5, 5.41) is 0. The van der Waals surface area contributed by atoms with E-state index in [4.69, 9.17) is 0 Å². The molecule has 0 radical (unpaired) electrons. The van der Waals surface area contributed by atoms with E-state index in [0.29, 0.717) is 17.9 Å². The molecule has 0 unspecified atom stereocenters. The van der Waals surface area contributed by atoms with Gasteiger partial charge in [-0.3, -0.25) is 9.69 Å². The van der Waals surface area contributed by atoms with Crippen LogP contribution in [0.3, 0.4) is 0 Å². The molecule has 0 aromatic rings. The van der Waals surface area contributed by atoms with Gasteiger partial charge in [0.1, 0.15) is 5.78 Å². The number of halogens is 1. The zero-order valence-electron chi connectivity index (χ0n) is 6.75. The van der Waals surface area contributed by atoms with E-state index in [9.17, 15) is 4.79 Å². The molecule has 2 nitrogen and oxygen atoms in total. The number of fused-ring (bicyclic) bond motifs is 2. The SMILES string of the molecule is Br.CN1[C@@H]2CC[C@H]1CC(=O)C2. The number of nitrogens with zero attached hydrogens (tertiary/aromatic N) is 1. The third-order valence-electron chi connectivity index (χ3n) is 2.91. The second kappa shape index (κ2) is 3.23. The van der Waals surface area contributed by atoms with Crippen molar-refractivity contribution in [2.75, 3.05) is 7.05 Å². The molecule has 0 N–H and O–H groups in total. The third kappa shape index (κ3) is 1.49. The number of ketones is 1. The highest BCUT2D eigenvalue weighted by Crippen LogP contribution is 2.31. The van der Waals surface area contributed by atoms with Crippen molar-refractivity contribution in [3.05, 3.63) is 0 Å². The molecule has 0 saturated carbocycles. The predicted octanol–water partition coefficient (Wildman–Crippen LogP) is 1.39. The largest absolute Gasteiger partial charge is 0.300 e. The summed E-state index contributed by atoms with van der Waals surface area (Å²) in [7, 11) is 2.15. The number of rotatable bonds is 0. The van der Waals surface area contributed by atoms with Gasteiger partial charge in [0.2, 0.25) is 0 Å². The smallest absolute Gasteiger partial charge is 0.136 e. The van der Waals surface area contributed by atoms with Crippen LogP contribution in [0.4, 0.5) is 0 Å². The van der Waals surface area contributed by atoms with E-state index >= 15 is 0 Å². The summed E-state index contributed by atoms with van der Waals surface area (Å²) in [6.07, 6.45) is 4.11. The van der Waals surface area contributed by atoms with Crippen molar-refractivity contribution in [1.29, 1.82) is 0 Å². The number of hydrogen-bond donors (Lipinski definition) is 0. The topological polar surface area (TPSA) is 20.3 Å². The van der Waals surface area contributed by atoms with E-state index in [0.717, 1.165) is 12.8 Å². The zero-order valence-corrected chi connectivity index (χ0v) is 8.46. The van der Waals surface area contributed by atoms with Crippen molar-refractivity contribution < 1.29 is 4.79 Å². The first-order valence-electron chi connectivity index (χ1n) is 4.01. The maximum absolute atomic E-state index is 11.0. The Kier molecular flexibility index (Phi) is 2.70. The van der Waals surface area contributed by atoms with Crippen LogP contribution in [0.1, 0.15) is 25.7 Å². The van der Waals surface area contributed by atoms with Gasteiger partial charge in [-0.2, -0.15) is 0 Å². The van der Waals surface area contributed by atoms with Crippen molar-refractivity contribution in [1.82, 2.24) is 4.90 Å². The Balaban J connectivity index is 0.000000605. The molecule has 2 aliphatic rings. The molecule has 2 saturated heterocycles. The van der Waals surface area contributed by atoms with Crippen LogP contribution in [0.15, 0.2) is 0 Å². The fraction of sp³-hybridized carbons (Fsp3) is 0.875. The molecule has 0 aliphatic carbocycles. The zero-order chi connectivity index (χ0) is 7.14. The predicted molar refractivity (Wildman–Crippen MR) is 49.1 cm³/mol. The fourth-order valence-electron chi connectivity index (χ4n) is 2.19. The summed E-state index contributed by atoms with van der Waals surface area (Å²) < 4.78 is 0. The van der Waals surface area contributed by atoms with E-state index in [1.165, 1.54) is 12.8 Å². The minimum Gasteiger partial charge on any atom is -0.300 e. The molecule has 0 amide bonds. The molecule has 2 aliphatic heterocycles. The molecule has 0 aromatic carbocycles. The van der Waals surface area contributed by atoms with E-state index < -0.39 is 0 Å². The number of Topliss-reactive ketones (excluding diaryl/α,β-unsaturated/α-hetero) is 1. The normalized spacial score (nSPS) is 37.0. The molecule has 2 heterocycles. The Labute approximate surface area is 77.7 Å². The van der Waals surface area contributed by atoms with E-state index in [-0.39, 0.29) is 17.0 Å². The number of hydrogen-bond acceptors (Lipinski definition) is 2. The lowest BCUT2D eigenvalue weighted by Crippen LogP contribution is -2.39. The van der Waals surface area contributed by atoms with Gasteiger partial charge in [0.05, 0.1) is 0 Å². The Morgan fingerprint density at radius 3 is 2.18 bits per heavy atom. The molecule has 3 heteroatoms. The lowest BCUT2D eigenvalue weighted by Gasteiger charge is -2.29. The molecule has 64 valence electrons. The lowest BCUT2D eigenvalue weighted by atomic mass is 10.0. The van der Waals surface area contributed by atoms with Crippen molar-refractivity contribution in [2.24, 2.45) is 0 Å². The Hall–Kier alpha value is 0.110. The van der Waals surface area contributed by atoms with Crippen LogP contribution in [-0.2, 0) is 4.79 Å². The van der Waals surface area contributed by atoms with Crippen LogP contribution in [-0.4, -0.2) is 29.8 Å². The van der Waals surface area contributed by atoms with Crippen molar-refractivity contribution in [3.8, 4) is 0 Å². The lowest BCUT2D eigenvalue weighted by molar-refractivity contribution is -0.123. The second-order valence-electron chi connectivity index (χ2n) is 3.50. The average molecular weight is 220 g/mol. The average Bonchev–Trinajstić information content (AvgIpc) is 2.20. The Morgan fingerprint density at radius 1 is 1.27 bits per heavy atom. The van der Waals surface area contributed by atoms with E-state index in [2.05, 4.69) is 11.9 Å². The number of piperidine rings is 1. The van der Waals surface area contributed by atoms with E-state index in [1.54, 1.807) is 0 Å². The van der Waals surface area contributed by atoms with Crippen molar-refractivity contribution in [2.45, 2.75) is 37.8 Å². The highest BCUT2D eigenvalue weighted by molar-refractivity contribution is 8.93. The van der Waals surface area contributed by atoms with Gasteiger partial charge >= 0.3 is 0 Å². The van der Waals surface area contributed by atoms with Gasteiger partial charge in [-0.25, -0.2) is 0 Å². The maximum atomic E-state index is 11.0. The molecule has 2 fully saturated rings. The summed E-state index contributed by atoms with van der Waals surface area (Å²) >= 11 is 0. The van der Waals surface area contributed by atoms with Crippen LogP contribution in [0.2, 0.25) is 0 Å². The van der Waals surface area contributed by atoms with Gasteiger partial charge in [-0.1, -0.05) is 0 Å². The highest BCUT2D eigenvalue weighted by atomic mass is 79.9. The Morgan fingerprint density at radius 2 is 1.73 bits per heavy atom. The van der Waals surface area contributed by atoms with Crippen LogP contribution >= 0.6 is 17.0 Å². The summed E-state index contributed by atoms with van der Waals surface area (Å²) in [6, 6.07) is 1.18. The monoisotopic (exact) mass is 219 g/mol. The Bertz CT molecular complexity index is 155. The van der Waals surface area contributed by atoms with E-state index in [1.807, 2.05) is 0 Å². The van der Waals surface area contributed by atoms with Crippen LogP contribution in [0.25, 0.3) is 0 Å². The second-order valence-corrected chi connectivity index (χ2v) is 3.50. The highest BCUT2D eigenvalue weighted by Gasteiger charge is 2.37. The molecule has 0 spiro atoms. The van der Waals surface area contributed by atoms with Gasteiger partial charge in [0.25, 0.3) is 0 Å². The number of carbonyl (C=O) groups is 1. The minimum atomic E-state index is 0. The molecule has 2 bridgehead atoms. The van der Waals surface area contributed by atoms with Gasteiger partial charge in [0, 0.05) is 24.9 Å². The van der Waals surface area contributed by atoms with Gasteiger partial charge in [0.15, 0.2) is 0 Å². The maximum Gasteiger partial charge on any atom is 0.136 e. The van der Waals surface area contributed by atoms with Gasteiger partial charge < -0.3 is 0 Å². The summed E-state index contributed by atoms with van der Waals surface area (Å²) in [6.45, 7) is 0. The molecular formula is C8H14BrNO. The van der Waals surface area contributed by atoms with Crippen LogP contribution in [0.5, 0.6) is 0 Å². The van der Waals surface area contributed by atoms with Crippen molar-refractivity contribution >= 4 is 22.8 Å². The minimum absolute atomic E-state index is 0. The van der Waals surface area contributed by atoms with Crippen LogP contribution < -0.4 is 0 Å². The van der Waals surface area contributed by atoms with Crippen LogP contribution in [0, 0.1) is 0 Å². The first kappa shape index (κ1) is 9.20. The van der Waals surface area contributed by atoms with Gasteiger partial charge in [-0.15, -0.1) is 17.0 Å². The standard InChI is InChI=1S/C8H13NO.BrH/c1-9-6-2-3-7(9)5-8(10)4-6;/h6-7H,2-5H2,1H3;1H/t6-,7+;. The molecule has 0 aromatic heterocycles. The summed E-state index contributed by atoms with van der Waals surface area (Å²) in [5.41, 5.74) is 0. The fourth-order valence-corrected chi connectivity index (χ4v) is 2.19. The van der Waals surface area contributed by atoms with Crippen molar-refractivity contribution in [3.63, 3.8) is 0 Å². The molecular weight excluding hydrogens is 206 g/mol. The molecule has 2 rings (SSSR count). The molecule has 11 heavy (non-hydrogen) atoms. The molecule has 2 atom stereocenters. The number of carbonyl (C=O) groups excluding carboxylic acids is 1. The summed E-state index contributed by atoms with van der Waals surface area (Å²) in [5.74, 6) is 0.477. The summed E-state index contributed by atoms with van der Waals surface area (Å²) in [4.78, 5) is 13.4. The first-order chi connectivity index (χ1) is 4.77.